The third kappa shape index (κ3) is 2.25. The SMILES string of the molecule is O=PCC(=O)N1CCC[C@H]1C(=O)O. The molecule has 0 aromatic carbocycles. The van der Waals surface area contributed by atoms with E-state index in [0.717, 1.165) is 0 Å². The summed E-state index contributed by atoms with van der Waals surface area (Å²) in [6.45, 7) is 0.464. The first-order valence-corrected chi connectivity index (χ1v) is 4.98. The lowest BCUT2D eigenvalue weighted by molar-refractivity contribution is -0.147. The maximum Gasteiger partial charge on any atom is 0.326 e. The Morgan fingerprint density at radius 1 is 1.54 bits per heavy atom. The standard InChI is InChI=1S/C7H10NO4P/c9-6(4-13-12)8-3-1-2-5(8)7(10)11/h5H,1-4H2,(H,10,11)/t5-/m0/s1. The molecule has 5 nitrogen and oxygen atoms in total. The molecule has 1 N–H and O–H groups in total. The molecule has 0 aromatic heterocycles. The van der Waals surface area contributed by atoms with Gasteiger partial charge in [0.1, 0.15) is 12.2 Å². The molecule has 1 aliphatic heterocycles. The number of nitrogens with zero attached hydrogens (tertiary/aromatic N) is 1. The van der Waals surface area contributed by atoms with Gasteiger partial charge in [0.05, 0.1) is 0 Å². The van der Waals surface area contributed by atoms with Crippen LogP contribution in [0.3, 0.4) is 0 Å². The topological polar surface area (TPSA) is 74.7 Å². The van der Waals surface area contributed by atoms with E-state index < -0.39 is 12.0 Å². The van der Waals surface area contributed by atoms with Crippen molar-refractivity contribution in [2.45, 2.75) is 18.9 Å². The second-order valence-electron chi connectivity index (χ2n) is 2.87. The van der Waals surface area contributed by atoms with Gasteiger partial charge < -0.3 is 10.0 Å². The fourth-order valence-electron chi connectivity index (χ4n) is 1.47. The van der Waals surface area contributed by atoms with Crippen LogP contribution in [-0.4, -0.2) is 40.6 Å². The van der Waals surface area contributed by atoms with E-state index in [1.807, 2.05) is 0 Å². The van der Waals surface area contributed by atoms with Crippen LogP contribution < -0.4 is 0 Å². The van der Waals surface area contributed by atoms with E-state index in [1.165, 1.54) is 4.90 Å². The highest BCUT2D eigenvalue weighted by Crippen LogP contribution is 2.18. The van der Waals surface area contributed by atoms with Crippen LogP contribution in [0.25, 0.3) is 0 Å². The van der Waals surface area contributed by atoms with Gasteiger partial charge in [0.15, 0.2) is 8.46 Å². The molecule has 1 saturated heterocycles. The molecule has 13 heavy (non-hydrogen) atoms. The summed E-state index contributed by atoms with van der Waals surface area (Å²) in [5.74, 6) is -1.32. The van der Waals surface area contributed by atoms with Crippen LogP contribution in [0, 0.1) is 0 Å². The second-order valence-corrected chi connectivity index (χ2v) is 3.45. The van der Waals surface area contributed by atoms with E-state index in [4.69, 9.17) is 5.11 Å². The summed E-state index contributed by atoms with van der Waals surface area (Å²) in [5, 5.41) is 8.73. The van der Waals surface area contributed by atoms with Crippen molar-refractivity contribution >= 4 is 20.3 Å². The van der Waals surface area contributed by atoms with Crippen molar-refractivity contribution < 1.29 is 19.3 Å². The normalized spacial score (nSPS) is 22.2. The smallest absolute Gasteiger partial charge is 0.326 e. The van der Waals surface area contributed by atoms with Gasteiger partial charge in [-0.05, 0) is 12.8 Å². The van der Waals surface area contributed by atoms with E-state index in [9.17, 15) is 14.2 Å². The summed E-state index contributed by atoms with van der Waals surface area (Å²) in [6, 6.07) is -0.714. The second kappa shape index (κ2) is 4.33. The maximum absolute atomic E-state index is 11.2. The van der Waals surface area contributed by atoms with Crippen molar-refractivity contribution in [2.24, 2.45) is 0 Å². The zero-order valence-electron chi connectivity index (χ0n) is 6.97. The first kappa shape index (κ1) is 10.1. The summed E-state index contributed by atoms with van der Waals surface area (Å²) >= 11 is 0. The molecule has 1 heterocycles. The predicted molar refractivity (Wildman–Crippen MR) is 44.8 cm³/mol. The Balaban J connectivity index is 2.62. The Hall–Kier alpha value is -0.960. The molecule has 0 saturated carbocycles. The Kier molecular flexibility index (Phi) is 3.37. The molecule has 1 aliphatic rings. The number of hydrogen-bond acceptors (Lipinski definition) is 3. The van der Waals surface area contributed by atoms with Crippen molar-refractivity contribution in [1.29, 1.82) is 0 Å². The van der Waals surface area contributed by atoms with Crippen LogP contribution in [-0.2, 0) is 14.2 Å². The lowest BCUT2D eigenvalue weighted by Gasteiger charge is -2.19. The van der Waals surface area contributed by atoms with Gasteiger partial charge in [0.25, 0.3) is 0 Å². The first-order valence-electron chi connectivity index (χ1n) is 3.98. The third-order valence-corrected chi connectivity index (χ3v) is 2.46. The zero-order chi connectivity index (χ0) is 9.84. The van der Waals surface area contributed by atoms with Gasteiger partial charge in [-0.2, -0.15) is 0 Å². The lowest BCUT2D eigenvalue weighted by atomic mass is 10.2. The molecule has 72 valence electrons. The van der Waals surface area contributed by atoms with Gasteiger partial charge in [0, 0.05) is 6.54 Å². The third-order valence-electron chi connectivity index (χ3n) is 2.06. The minimum atomic E-state index is -0.978. The number of rotatable bonds is 3. The average molecular weight is 203 g/mol. The molecular weight excluding hydrogens is 193 g/mol. The Morgan fingerprint density at radius 3 is 2.77 bits per heavy atom. The molecule has 0 bridgehead atoms. The summed E-state index contributed by atoms with van der Waals surface area (Å²) in [4.78, 5) is 23.1. The summed E-state index contributed by atoms with van der Waals surface area (Å²) in [7, 11) is -0.255. The molecule has 1 amide bonds. The van der Waals surface area contributed by atoms with Gasteiger partial charge in [-0.1, -0.05) is 0 Å². The van der Waals surface area contributed by atoms with Crippen molar-refractivity contribution in [3.05, 3.63) is 0 Å². The highest BCUT2D eigenvalue weighted by Gasteiger charge is 2.33. The molecule has 0 unspecified atom stereocenters. The van der Waals surface area contributed by atoms with Crippen LogP contribution >= 0.6 is 8.46 Å². The highest BCUT2D eigenvalue weighted by molar-refractivity contribution is 7.25. The minimum Gasteiger partial charge on any atom is -0.480 e. The van der Waals surface area contributed by atoms with E-state index in [-0.39, 0.29) is 20.5 Å². The van der Waals surface area contributed by atoms with Gasteiger partial charge in [0.2, 0.25) is 5.91 Å². The number of carbonyl (C=O) groups excluding carboxylic acids is 1. The molecule has 1 rings (SSSR count). The lowest BCUT2D eigenvalue weighted by Crippen LogP contribution is -2.41. The average Bonchev–Trinajstić information content (AvgIpc) is 2.52. The largest absolute Gasteiger partial charge is 0.480 e. The van der Waals surface area contributed by atoms with Crippen LogP contribution in [0.1, 0.15) is 12.8 Å². The number of carbonyl (C=O) groups is 2. The number of aliphatic carboxylic acids is 1. The van der Waals surface area contributed by atoms with Crippen LogP contribution in [0.2, 0.25) is 0 Å². The van der Waals surface area contributed by atoms with Crippen molar-refractivity contribution in [3.8, 4) is 0 Å². The fraction of sp³-hybridized carbons (Fsp3) is 0.714. The van der Waals surface area contributed by atoms with Gasteiger partial charge in [-0.25, -0.2) is 4.79 Å². The zero-order valence-corrected chi connectivity index (χ0v) is 7.87. The van der Waals surface area contributed by atoms with Gasteiger partial charge in [-0.3, -0.25) is 9.36 Å². The van der Waals surface area contributed by atoms with Crippen LogP contribution in [0.4, 0.5) is 0 Å². The number of carboxylic acid groups (broad SMARTS) is 1. The van der Waals surface area contributed by atoms with Crippen LogP contribution in [0.15, 0.2) is 0 Å². The molecule has 0 radical (unpaired) electrons. The van der Waals surface area contributed by atoms with Crippen molar-refractivity contribution in [1.82, 2.24) is 4.90 Å². The van der Waals surface area contributed by atoms with E-state index >= 15 is 0 Å². The Bertz CT molecular complexity index is 243. The molecule has 1 fully saturated rings. The fourth-order valence-corrected chi connectivity index (χ4v) is 1.76. The summed E-state index contributed by atoms with van der Waals surface area (Å²) in [6.07, 6.45) is 1.08. The number of likely N-dealkylation sites (tertiary alicyclic amines) is 1. The highest BCUT2D eigenvalue weighted by atomic mass is 31.1. The van der Waals surface area contributed by atoms with Gasteiger partial charge >= 0.3 is 5.97 Å². The van der Waals surface area contributed by atoms with E-state index in [1.54, 1.807) is 0 Å². The quantitative estimate of drug-likeness (QED) is 0.671. The van der Waals surface area contributed by atoms with Crippen molar-refractivity contribution in [3.63, 3.8) is 0 Å². The summed E-state index contributed by atoms with van der Waals surface area (Å²) in [5.41, 5.74) is 0. The molecule has 6 heteroatoms. The summed E-state index contributed by atoms with van der Waals surface area (Å²) < 4.78 is 10.2. The Labute approximate surface area is 76.9 Å². The van der Waals surface area contributed by atoms with Gasteiger partial charge in [-0.15, -0.1) is 0 Å². The number of hydrogen-bond donors (Lipinski definition) is 1. The molecule has 0 aromatic rings. The molecule has 0 spiro atoms. The van der Waals surface area contributed by atoms with Crippen molar-refractivity contribution in [2.75, 3.05) is 12.7 Å². The predicted octanol–water partition coefficient (Wildman–Crippen LogP) is 0.354. The first-order chi connectivity index (χ1) is 6.16. The molecular formula is C7H10NO4P. The number of carboxylic acids is 1. The maximum atomic E-state index is 11.2. The minimum absolute atomic E-state index is 0.121. The van der Waals surface area contributed by atoms with E-state index in [0.29, 0.717) is 19.4 Å². The molecule has 0 aliphatic carbocycles. The van der Waals surface area contributed by atoms with Crippen LogP contribution in [0.5, 0.6) is 0 Å². The molecule has 1 atom stereocenters. The monoisotopic (exact) mass is 203 g/mol. The van der Waals surface area contributed by atoms with E-state index in [2.05, 4.69) is 0 Å². The number of amides is 1. The Morgan fingerprint density at radius 2 is 2.23 bits per heavy atom.